The Balaban J connectivity index is 1.31. The van der Waals surface area contributed by atoms with Crippen molar-refractivity contribution in [2.45, 2.75) is 62.5 Å². The van der Waals surface area contributed by atoms with Gasteiger partial charge >= 0.3 is 5.97 Å². The molecule has 6 rings (SSSR count). The smallest absolute Gasteiger partial charge is 0.308 e. The van der Waals surface area contributed by atoms with Crippen molar-refractivity contribution < 1.29 is 19.4 Å². The summed E-state index contributed by atoms with van der Waals surface area (Å²) in [7, 11) is 1.90. The van der Waals surface area contributed by atoms with E-state index in [1.807, 2.05) is 60.5 Å². The maximum absolute atomic E-state index is 13.7. The standard InChI is InChI=1S/C33H38N2O4/c1-23(36)39-30-9-5-8-28(19-30)32-16-17-35(21-24-10-11-24)22-33(32,38)15-14-29(20-32)34(2)31(37)27-13-12-25-6-3-4-7-26(25)18-27/h3-9,12-13,18-19,24,29,38H,10-11,14-17,20-22H2,1-2H3/t29-,32+,33+/m1/s1. The van der Waals surface area contributed by atoms with Crippen molar-refractivity contribution in [3.63, 3.8) is 0 Å². The number of piperidine rings is 1. The number of esters is 1. The third-order valence-electron chi connectivity index (χ3n) is 9.43. The van der Waals surface area contributed by atoms with Crippen LogP contribution in [0.4, 0.5) is 0 Å². The van der Waals surface area contributed by atoms with Crippen LogP contribution < -0.4 is 4.74 Å². The molecular formula is C33H38N2O4. The van der Waals surface area contributed by atoms with E-state index in [9.17, 15) is 14.7 Å². The maximum Gasteiger partial charge on any atom is 0.308 e. The quantitative estimate of drug-likeness (QED) is 0.354. The van der Waals surface area contributed by atoms with Crippen LogP contribution >= 0.6 is 0 Å². The lowest BCUT2D eigenvalue weighted by Gasteiger charge is -2.59. The minimum atomic E-state index is -0.918. The molecule has 3 aliphatic rings. The van der Waals surface area contributed by atoms with Crippen LogP contribution in [0.25, 0.3) is 10.8 Å². The summed E-state index contributed by atoms with van der Waals surface area (Å²) in [4.78, 5) is 29.8. The van der Waals surface area contributed by atoms with E-state index >= 15 is 0 Å². The van der Waals surface area contributed by atoms with Crippen LogP contribution in [0.15, 0.2) is 66.7 Å². The van der Waals surface area contributed by atoms with Crippen LogP contribution in [0.3, 0.4) is 0 Å². The van der Waals surface area contributed by atoms with Crippen molar-refractivity contribution >= 4 is 22.6 Å². The zero-order chi connectivity index (χ0) is 27.2. The number of aliphatic hydroxyl groups is 1. The highest BCUT2D eigenvalue weighted by Gasteiger charge is 2.58. The Labute approximate surface area is 230 Å². The van der Waals surface area contributed by atoms with Crippen molar-refractivity contribution in [3.8, 4) is 5.75 Å². The van der Waals surface area contributed by atoms with Gasteiger partial charge in [-0.05, 0) is 91.6 Å². The molecule has 39 heavy (non-hydrogen) atoms. The van der Waals surface area contributed by atoms with Crippen molar-refractivity contribution in [1.82, 2.24) is 9.80 Å². The normalized spacial score (nSPS) is 27.1. The topological polar surface area (TPSA) is 70.1 Å². The highest BCUT2D eigenvalue weighted by Crippen LogP contribution is 2.53. The van der Waals surface area contributed by atoms with Gasteiger partial charge in [-0.25, -0.2) is 0 Å². The second-order valence-electron chi connectivity index (χ2n) is 12.0. The van der Waals surface area contributed by atoms with Crippen molar-refractivity contribution in [2.24, 2.45) is 5.92 Å². The lowest BCUT2D eigenvalue weighted by molar-refractivity contribution is -0.133. The predicted octanol–water partition coefficient (Wildman–Crippen LogP) is 5.17. The van der Waals surface area contributed by atoms with Crippen LogP contribution in [0.2, 0.25) is 0 Å². The summed E-state index contributed by atoms with van der Waals surface area (Å²) in [5.41, 5.74) is 0.218. The predicted molar refractivity (Wildman–Crippen MR) is 152 cm³/mol. The Kier molecular flexibility index (Phi) is 6.72. The van der Waals surface area contributed by atoms with Crippen molar-refractivity contribution in [3.05, 3.63) is 77.9 Å². The summed E-state index contributed by atoms with van der Waals surface area (Å²) in [6, 6.07) is 21.6. The van der Waals surface area contributed by atoms with Crippen LogP contribution in [0.5, 0.6) is 5.75 Å². The van der Waals surface area contributed by atoms with Gasteiger partial charge in [-0.15, -0.1) is 0 Å². The van der Waals surface area contributed by atoms with Crippen LogP contribution in [-0.2, 0) is 10.2 Å². The van der Waals surface area contributed by atoms with E-state index in [4.69, 9.17) is 4.74 Å². The number of hydrogen-bond donors (Lipinski definition) is 1. The minimum Gasteiger partial charge on any atom is -0.427 e. The lowest BCUT2D eigenvalue weighted by atomic mass is 9.55. The van der Waals surface area contributed by atoms with Gasteiger partial charge in [0.2, 0.25) is 0 Å². The molecule has 3 fully saturated rings. The summed E-state index contributed by atoms with van der Waals surface area (Å²) < 4.78 is 5.45. The maximum atomic E-state index is 13.7. The summed E-state index contributed by atoms with van der Waals surface area (Å²) in [6.07, 6.45) is 5.40. The van der Waals surface area contributed by atoms with Gasteiger partial charge in [-0.1, -0.05) is 42.5 Å². The molecule has 204 valence electrons. The summed E-state index contributed by atoms with van der Waals surface area (Å²) in [5.74, 6) is 0.905. The first-order chi connectivity index (χ1) is 18.8. The second kappa shape index (κ2) is 10.1. The van der Waals surface area contributed by atoms with Gasteiger partial charge in [0.15, 0.2) is 0 Å². The average molecular weight is 527 g/mol. The molecule has 3 atom stereocenters. The number of nitrogens with zero attached hydrogens (tertiary/aromatic N) is 2. The third kappa shape index (κ3) is 4.96. The van der Waals surface area contributed by atoms with E-state index < -0.39 is 11.0 Å². The summed E-state index contributed by atoms with van der Waals surface area (Å²) >= 11 is 0. The van der Waals surface area contributed by atoms with Crippen molar-refractivity contribution in [2.75, 3.05) is 26.7 Å². The first-order valence-corrected chi connectivity index (χ1v) is 14.3. The fourth-order valence-corrected chi connectivity index (χ4v) is 7.10. The van der Waals surface area contributed by atoms with Crippen LogP contribution in [0, 0.1) is 5.92 Å². The molecule has 1 saturated heterocycles. The number of likely N-dealkylation sites (tertiary alicyclic amines) is 1. The summed E-state index contributed by atoms with van der Waals surface area (Å²) in [5, 5.41) is 14.6. The molecular weight excluding hydrogens is 488 g/mol. The number of benzene rings is 3. The molecule has 0 aromatic heterocycles. The van der Waals surface area contributed by atoms with E-state index in [-0.39, 0.29) is 17.9 Å². The minimum absolute atomic E-state index is 0.00572. The fourth-order valence-electron chi connectivity index (χ4n) is 7.10. The van der Waals surface area contributed by atoms with Gasteiger partial charge < -0.3 is 19.6 Å². The number of fused-ring (bicyclic) bond motifs is 2. The van der Waals surface area contributed by atoms with Gasteiger partial charge in [0, 0.05) is 44.1 Å². The Morgan fingerprint density at radius 3 is 2.56 bits per heavy atom. The number of carbonyl (C=O) groups excluding carboxylic acids is 2. The first kappa shape index (κ1) is 26.0. The molecule has 0 unspecified atom stereocenters. The van der Waals surface area contributed by atoms with E-state index in [1.165, 1.54) is 19.8 Å². The third-order valence-corrected chi connectivity index (χ3v) is 9.43. The van der Waals surface area contributed by atoms with Gasteiger partial charge in [-0.2, -0.15) is 0 Å². The van der Waals surface area contributed by atoms with Crippen molar-refractivity contribution in [1.29, 1.82) is 0 Å². The average Bonchev–Trinajstić information content (AvgIpc) is 3.75. The highest BCUT2D eigenvalue weighted by atomic mass is 16.5. The Morgan fingerprint density at radius 1 is 1.00 bits per heavy atom. The highest BCUT2D eigenvalue weighted by molar-refractivity contribution is 5.98. The van der Waals surface area contributed by atoms with E-state index in [0.717, 1.165) is 48.2 Å². The molecule has 6 heteroatoms. The first-order valence-electron chi connectivity index (χ1n) is 14.3. The van der Waals surface area contributed by atoms with Gasteiger partial charge in [-0.3, -0.25) is 9.59 Å². The van der Waals surface area contributed by atoms with Gasteiger partial charge in [0.25, 0.3) is 5.91 Å². The number of amides is 1. The van der Waals surface area contributed by atoms with E-state index in [1.54, 1.807) is 6.07 Å². The Bertz CT molecular complexity index is 1400. The molecule has 1 heterocycles. The number of β-amino-alcohol motifs (C(OH)–C–C–N with tert-alkyl or cyclic N) is 1. The SMILES string of the molecule is CC(=O)Oc1cccc([C@@]23CCN(CC4CC4)C[C@@]2(O)CC[C@@H](N(C)C(=O)c2ccc4ccccc4c2)C3)c1. The number of carbonyl (C=O) groups is 2. The molecule has 0 radical (unpaired) electrons. The number of ether oxygens (including phenoxy) is 1. The Hall–Kier alpha value is -3.22. The monoisotopic (exact) mass is 526 g/mol. The Morgan fingerprint density at radius 2 is 1.79 bits per heavy atom. The van der Waals surface area contributed by atoms with E-state index in [2.05, 4.69) is 17.0 Å². The van der Waals surface area contributed by atoms with Crippen LogP contribution in [0.1, 0.15) is 61.4 Å². The summed E-state index contributed by atoms with van der Waals surface area (Å²) in [6.45, 7) is 4.00. The largest absolute Gasteiger partial charge is 0.427 e. The fraction of sp³-hybridized carbons (Fsp3) is 0.455. The molecule has 2 aliphatic carbocycles. The molecule has 0 spiro atoms. The number of rotatable bonds is 6. The molecule has 0 bridgehead atoms. The zero-order valence-electron chi connectivity index (χ0n) is 22.9. The van der Waals surface area contributed by atoms with Crippen LogP contribution in [-0.4, -0.2) is 65.1 Å². The molecule has 1 amide bonds. The molecule has 1 aliphatic heterocycles. The van der Waals surface area contributed by atoms with Gasteiger partial charge in [0.05, 0.1) is 5.60 Å². The molecule has 3 aromatic rings. The number of hydrogen-bond acceptors (Lipinski definition) is 5. The molecule has 1 N–H and O–H groups in total. The molecule has 2 saturated carbocycles. The molecule has 3 aromatic carbocycles. The lowest BCUT2D eigenvalue weighted by Crippen LogP contribution is -2.67. The van der Waals surface area contributed by atoms with Gasteiger partial charge in [0.1, 0.15) is 5.75 Å². The zero-order valence-corrected chi connectivity index (χ0v) is 22.9. The molecule has 6 nitrogen and oxygen atoms in total. The second-order valence-corrected chi connectivity index (χ2v) is 12.0. The van der Waals surface area contributed by atoms with E-state index in [0.29, 0.717) is 30.7 Å².